The van der Waals surface area contributed by atoms with Gasteiger partial charge in [-0.1, -0.05) is 0 Å². The molecule has 0 N–H and O–H groups in total. The molecule has 0 saturated carbocycles. The maximum absolute atomic E-state index is 9.93. The standard InChI is InChI=1S/C8H17NO2Si/c1-12(2,3)11-9-7-5-4-6-8-10/h7-8H,4-6H2,1-3H3. The number of hydrogen-bond acceptors (Lipinski definition) is 3. The van der Waals surface area contributed by atoms with Gasteiger partial charge in [0.2, 0.25) is 0 Å². The Morgan fingerprint density at radius 3 is 2.50 bits per heavy atom. The lowest BCUT2D eigenvalue weighted by Crippen LogP contribution is -2.22. The van der Waals surface area contributed by atoms with Crippen molar-refractivity contribution in [3.8, 4) is 0 Å². The number of unbranched alkanes of at least 4 members (excludes halogenated alkanes) is 2. The summed E-state index contributed by atoms with van der Waals surface area (Å²) in [5, 5.41) is 3.84. The third kappa shape index (κ3) is 9.36. The van der Waals surface area contributed by atoms with Gasteiger partial charge in [-0.05, 0) is 32.5 Å². The Balaban J connectivity index is 3.31. The minimum Gasteiger partial charge on any atom is -0.456 e. The lowest BCUT2D eigenvalue weighted by molar-refractivity contribution is -0.107. The van der Waals surface area contributed by atoms with E-state index in [0.29, 0.717) is 6.42 Å². The molecule has 0 aromatic heterocycles. The zero-order chi connectivity index (χ0) is 9.45. The van der Waals surface area contributed by atoms with Crippen LogP contribution >= 0.6 is 0 Å². The lowest BCUT2D eigenvalue weighted by atomic mass is 10.3. The molecule has 0 aromatic carbocycles. The number of aldehydes is 1. The molecule has 0 aromatic rings. The largest absolute Gasteiger partial charge is 0.456 e. The molecule has 0 spiro atoms. The first-order chi connectivity index (χ1) is 5.56. The van der Waals surface area contributed by atoms with E-state index in [1.807, 2.05) is 0 Å². The van der Waals surface area contributed by atoms with Crippen molar-refractivity contribution >= 4 is 20.8 Å². The first-order valence-electron chi connectivity index (χ1n) is 4.20. The Bertz CT molecular complexity index is 152. The highest BCUT2D eigenvalue weighted by Crippen LogP contribution is 2.02. The molecule has 12 heavy (non-hydrogen) atoms. The first kappa shape index (κ1) is 11.4. The SMILES string of the molecule is C[Si](C)(C)ON=CCCCC=O. The van der Waals surface area contributed by atoms with Gasteiger partial charge >= 0.3 is 0 Å². The van der Waals surface area contributed by atoms with Gasteiger partial charge in [0.1, 0.15) is 6.29 Å². The number of oxime groups is 1. The van der Waals surface area contributed by atoms with Crippen LogP contribution in [0.1, 0.15) is 19.3 Å². The van der Waals surface area contributed by atoms with Crippen LogP contribution in [0.25, 0.3) is 0 Å². The van der Waals surface area contributed by atoms with E-state index in [9.17, 15) is 4.79 Å². The zero-order valence-corrected chi connectivity index (χ0v) is 9.04. The third-order valence-electron chi connectivity index (χ3n) is 1.06. The molecule has 0 amide bonds. The molecule has 0 bridgehead atoms. The van der Waals surface area contributed by atoms with Crippen LogP contribution in [-0.4, -0.2) is 20.8 Å². The van der Waals surface area contributed by atoms with Crippen LogP contribution in [0.15, 0.2) is 5.16 Å². The van der Waals surface area contributed by atoms with Crippen molar-refractivity contribution in [2.45, 2.75) is 38.9 Å². The molecule has 70 valence electrons. The number of rotatable bonds is 6. The first-order valence-corrected chi connectivity index (χ1v) is 7.61. The van der Waals surface area contributed by atoms with Gasteiger partial charge in [-0.25, -0.2) is 0 Å². The van der Waals surface area contributed by atoms with Crippen molar-refractivity contribution in [3.63, 3.8) is 0 Å². The molecule has 0 aliphatic rings. The zero-order valence-electron chi connectivity index (χ0n) is 8.04. The fourth-order valence-electron chi connectivity index (χ4n) is 0.541. The second-order valence-corrected chi connectivity index (χ2v) is 8.00. The normalized spacial score (nSPS) is 11.9. The van der Waals surface area contributed by atoms with Crippen molar-refractivity contribution < 1.29 is 9.32 Å². The van der Waals surface area contributed by atoms with Crippen LogP contribution in [0, 0.1) is 0 Å². The van der Waals surface area contributed by atoms with Crippen LogP contribution in [0.2, 0.25) is 19.6 Å². The van der Waals surface area contributed by atoms with Crippen molar-refractivity contribution in [1.82, 2.24) is 0 Å². The Kier molecular flexibility index (Phi) is 5.62. The molecule has 0 atom stereocenters. The Morgan fingerprint density at radius 2 is 2.00 bits per heavy atom. The van der Waals surface area contributed by atoms with E-state index in [4.69, 9.17) is 4.53 Å². The maximum atomic E-state index is 9.93. The molecule has 0 rings (SSSR count). The minimum absolute atomic E-state index is 0.610. The van der Waals surface area contributed by atoms with E-state index in [1.165, 1.54) is 0 Å². The van der Waals surface area contributed by atoms with E-state index in [0.717, 1.165) is 19.1 Å². The summed E-state index contributed by atoms with van der Waals surface area (Å²) in [6, 6.07) is 0. The van der Waals surface area contributed by atoms with E-state index in [1.54, 1.807) is 6.21 Å². The second-order valence-electron chi connectivity index (χ2n) is 3.59. The fraction of sp³-hybridized carbons (Fsp3) is 0.750. The van der Waals surface area contributed by atoms with Crippen molar-refractivity contribution in [2.24, 2.45) is 5.16 Å². The number of hydrogen-bond donors (Lipinski definition) is 0. The van der Waals surface area contributed by atoms with Gasteiger partial charge in [-0.15, -0.1) is 5.16 Å². The molecule has 0 heterocycles. The van der Waals surface area contributed by atoms with Gasteiger partial charge in [0, 0.05) is 12.6 Å². The number of carbonyl (C=O) groups excluding carboxylic acids is 1. The highest BCUT2D eigenvalue weighted by Gasteiger charge is 2.14. The topological polar surface area (TPSA) is 38.7 Å². The van der Waals surface area contributed by atoms with Gasteiger partial charge < -0.3 is 9.32 Å². The summed E-state index contributed by atoms with van der Waals surface area (Å²) in [4.78, 5) is 9.93. The second kappa shape index (κ2) is 5.94. The van der Waals surface area contributed by atoms with Crippen LogP contribution in [0.4, 0.5) is 0 Å². The average Bonchev–Trinajstić information content (AvgIpc) is 1.94. The summed E-state index contributed by atoms with van der Waals surface area (Å²) < 4.78 is 5.23. The Morgan fingerprint density at radius 1 is 1.33 bits per heavy atom. The lowest BCUT2D eigenvalue weighted by Gasteiger charge is -2.11. The van der Waals surface area contributed by atoms with Crippen LogP contribution in [0.5, 0.6) is 0 Å². The average molecular weight is 187 g/mol. The molecular formula is C8H17NO2Si. The van der Waals surface area contributed by atoms with Crippen molar-refractivity contribution in [2.75, 3.05) is 0 Å². The Hall–Kier alpha value is -0.643. The summed E-state index contributed by atoms with van der Waals surface area (Å²) in [6.07, 6.45) is 4.96. The molecule has 0 saturated heterocycles. The number of nitrogens with zero attached hydrogens (tertiary/aromatic N) is 1. The summed E-state index contributed by atoms with van der Waals surface area (Å²) in [6.45, 7) is 6.24. The summed E-state index contributed by atoms with van der Waals surface area (Å²) in [5.74, 6) is 0. The predicted molar refractivity (Wildman–Crippen MR) is 52.8 cm³/mol. The highest BCUT2D eigenvalue weighted by molar-refractivity contribution is 6.69. The molecule has 3 nitrogen and oxygen atoms in total. The van der Waals surface area contributed by atoms with Gasteiger partial charge in [0.15, 0.2) is 0 Å². The van der Waals surface area contributed by atoms with E-state index in [-0.39, 0.29) is 0 Å². The van der Waals surface area contributed by atoms with Crippen LogP contribution < -0.4 is 0 Å². The van der Waals surface area contributed by atoms with Gasteiger partial charge in [0.05, 0.1) is 0 Å². The third-order valence-corrected chi connectivity index (χ3v) is 1.71. The number of carbonyl (C=O) groups is 1. The van der Waals surface area contributed by atoms with Gasteiger partial charge in [0.25, 0.3) is 8.32 Å². The van der Waals surface area contributed by atoms with E-state index >= 15 is 0 Å². The predicted octanol–water partition coefficient (Wildman–Crippen LogP) is 2.19. The fourth-order valence-corrected chi connectivity index (χ4v) is 0.931. The molecular weight excluding hydrogens is 170 g/mol. The van der Waals surface area contributed by atoms with Crippen LogP contribution in [-0.2, 0) is 9.32 Å². The van der Waals surface area contributed by atoms with Crippen molar-refractivity contribution in [3.05, 3.63) is 0 Å². The molecule has 0 aliphatic heterocycles. The summed E-state index contributed by atoms with van der Waals surface area (Å²) >= 11 is 0. The Labute approximate surface area is 74.9 Å². The summed E-state index contributed by atoms with van der Waals surface area (Å²) in [5.41, 5.74) is 0. The molecule has 0 fully saturated rings. The van der Waals surface area contributed by atoms with Crippen LogP contribution in [0.3, 0.4) is 0 Å². The maximum Gasteiger partial charge on any atom is 0.278 e. The summed E-state index contributed by atoms with van der Waals surface area (Å²) in [7, 11) is -1.49. The van der Waals surface area contributed by atoms with Crippen molar-refractivity contribution in [1.29, 1.82) is 0 Å². The minimum atomic E-state index is -1.49. The highest BCUT2D eigenvalue weighted by atomic mass is 28.4. The molecule has 0 aliphatic carbocycles. The molecule has 0 unspecified atom stereocenters. The van der Waals surface area contributed by atoms with E-state index in [2.05, 4.69) is 24.8 Å². The molecule has 0 radical (unpaired) electrons. The quantitative estimate of drug-likeness (QED) is 0.210. The van der Waals surface area contributed by atoms with E-state index < -0.39 is 8.32 Å². The van der Waals surface area contributed by atoms with Gasteiger partial charge in [-0.3, -0.25) is 0 Å². The smallest absolute Gasteiger partial charge is 0.278 e. The molecule has 4 heteroatoms. The van der Waals surface area contributed by atoms with Gasteiger partial charge in [-0.2, -0.15) is 0 Å². The monoisotopic (exact) mass is 187 g/mol.